The minimum atomic E-state index is -1.33. The fourth-order valence-corrected chi connectivity index (χ4v) is 2.29. The highest BCUT2D eigenvalue weighted by molar-refractivity contribution is 5.91. The van der Waals surface area contributed by atoms with E-state index >= 15 is 0 Å². The molecule has 7 nitrogen and oxygen atoms in total. The molecule has 0 saturated carbocycles. The van der Waals surface area contributed by atoms with Crippen molar-refractivity contribution in [3.8, 4) is 0 Å². The molecule has 0 bridgehead atoms. The summed E-state index contributed by atoms with van der Waals surface area (Å²) < 4.78 is 51.1. The Morgan fingerprint density at radius 2 is 1.89 bits per heavy atom. The first kappa shape index (κ1) is 19.2. The first-order chi connectivity index (χ1) is 13.3. The zero-order valence-electron chi connectivity index (χ0n) is 14.5. The number of hydrogen-bond donors (Lipinski definition) is 1. The zero-order chi connectivity index (χ0) is 20.3. The van der Waals surface area contributed by atoms with Crippen LogP contribution in [-0.2, 0) is 17.9 Å². The van der Waals surface area contributed by atoms with E-state index in [1.54, 1.807) is 18.3 Å². The van der Waals surface area contributed by atoms with Crippen LogP contribution in [0.15, 0.2) is 40.9 Å². The number of aromatic nitrogens is 2. The van der Waals surface area contributed by atoms with Crippen LogP contribution < -0.4 is 5.32 Å². The SMILES string of the molecule is CC(=O)c1ccc(Cn2ccc(NC(=O)OCc3cc(F)c(F)cc3F)n2)o1. The summed E-state index contributed by atoms with van der Waals surface area (Å²) in [5, 5.41) is 6.39. The van der Waals surface area contributed by atoms with Crippen molar-refractivity contribution in [3.05, 3.63) is 71.1 Å². The lowest BCUT2D eigenvalue weighted by Crippen LogP contribution is -2.15. The van der Waals surface area contributed by atoms with Crippen molar-refractivity contribution in [2.24, 2.45) is 0 Å². The highest BCUT2D eigenvalue weighted by atomic mass is 19.2. The summed E-state index contributed by atoms with van der Waals surface area (Å²) in [4.78, 5) is 23.0. The van der Waals surface area contributed by atoms with E-state index in [9.17, 15) is 22.8 Å². The average molecular weight is 393 g/mol. The van der Waals surface area contributed by atoms with Crippen LogP contribution in [0.3, 0.4) is 0 Å². The number of ketones is 1. The number of Topliss-reactive ketones (excluding diaryl/α,β-unsaturated/α-hetero) is 1. The van der Waals surface area contributed by atoms with Gasteiger partial charge in [0.15, 0.2) is 29.0 Å². The van der Waals surface area contributed by atoms with Crippen LogP contribution in [0.5, 0.6) is 0 Å². The van der Waals surface area contributed by atoms with Crippen molar-refractivity contribution in [1.82, 2.24) is 9.78 Å². The van der Waals surface area contributed by atoms with Crippen molar-refractivity contribution in [3.63, 3.8) is 0 Å². The molecule has 0 unspecified atom stereocenters. The zero-order valence-corrected chi connectivity index (χ0v) is 14.5. The fourth-order valence-electron chi connectivity index (χ4n) is 2.29. The molecule has 1 aromatic carbocycles. The van der Waals surface area contributed by atoms with Crippen LogP contribution in [0.25, 0.3) is 0 Å². The molecule has 0 atom stereocenters. The molecule has 10 heteroatoms. The van der Waals surface area contributed by atoms with Gasteiger partial charge in [-0.1, -0.05) is 0 Å². The van der Waals surface area contributed by atoms with Crippen molar-refractivity contribution < 1.29 is 31.9 Å². The van der Waals surface area contributed by atoms with Gasteiger partial charge in [-0.15, -0.1) is 0 Å². The molecule has 1 amide bonds. The van der Waals surface area contributed by atoms with E-state index in [1.165, 1.54) is 17.7 Å². The average Bonchev–Trinajstić information content (AvgIpc) is 3.27. The van der Waals surface area contributed by atoms with Crippen LogP contribution in [0.4, 0.5) is 23.8 Å². The maximum Gasteiger partial charge on any atom is 0.413 e. The number of rotatable bonds is 6. The Morgan fingerprint density at radius 3 is 2.61 bits per heavy atom. The van der Waals surface area contributed by atoms with Gasteiger partial charge in [-0.05, 0) is 18.2 Å². The molecule has 2 heterocycles. The van der Waals surface area contributed by atoms with E-state index in [2.05, 4.69) is 10.4 Å². The molecular weight excluding hydrogens is 379 g/mol. The summed E-state index contributed by atoms with van der Waals surface area (Å²) in [5.41, 5.74) is -0.307. The number of amides is 1. The Kier molecular flexibility index (Phi) is 5.48. The predicted octanol–water partition coefficient (Wildman–Crippen LogP) is 3.89. The summed E-state index contributed by atoms with van der Waals surface area (Å²) in [6.07, 6.45) is 0.604. The van der Waals surface area contributed by atoms with Crippen LogP contribution in [0.2, 0.25) is 0 Å². The van der Waals surface area contributed by atoms with Crippen molar-refractivity contribution in [2.45, 2.75) is 20.1 Å². The monoisotopic (exact) mass is 393 g/mol. The second-order valence-corrected chi connectivity index (χ2v) is 5.78. The molecule has 3 rings (SSSR count). The Bertz CT molecular complexity index is 1030. The molecule has 0 aliphatic heterocycles. The maximum atomic E-state index is 13.5. The number of nitrogens with one attached hydrogen (secondary N) is 1. The summed E-state index contributed by atoms with van der Waals surface area (Å²) in [5.74, 6) is -2.93. The number of ether oxygens (including phenoxy) is 1. The van der Waals surface area contributed by atoms with Crippen molar-refractivity contribution in [2.75, 3.05) is 5.32 Å². The number of benzene rings is 1. The van der Waals surface area contributed by atoms with E-state index in [1.807, 2.05) is 0 Å². The topological polar surface area (TPSA) is 86.4 Å². The van der Waals surface area contributed by atoms with Gasteiger partial charge in [-0.25, -0.2) is 18.0 Å². The smallest absolute Gasteiger partial charge is 0.413 e. The van der Waals surface area contributed by atoms with E-state index in [0.717, 1.165) is 0 Å². The van der Waals surface area contributed by atoms with E-state index < -0.39 is 30.2 Å². The van der Waals surface area contributed by atoms with Gasteiger partial charge < -0.3 is 9.15 Å². The molecule has 0 aliphatic carbocycles. The molecule has 1 N–H and O–H groups in total. The predicted molar refractivity (Wildman–Crippen MR) is 90.2 cm³/mol. The molecule has 0 spiro atoms. The second kappa shape index (κ2) is 7.99. The lowest BCUT2D eigenvalue weighted by atomic mass is 10.2. The summed E-state index contributed by atoms with van der Waals surface area (Å²) >= 11 is 0. The molecule has 146 valence electrons. The highest BCUT2D eigenvalue weighted by Crippen LogP contribution is 2.15. The van der Waals surface area contributed by atoms with Crippen LogP contribution in [0.1, 0.15) is 28.8 Å². The third-order valence-electron chi connectivity index (χ3n) is 3.65. The van der Waals surface area contributed by atoms with Gasteiger partial charge in [0.05, 0.1) is 6.54 Å². The quantitative estimate of drug-likeness (QED) is 0.507. The standard InChI is InChI=1S/C18H14F3N3O4/c1-10(25)16-3-2-12(28-16)8-24-5-4-17(23-24)22-18(26)27-9-11-6-14(20)15(21)7-13(11)19/h2-7H,8-9H2,1H3,(H,22,23,26). The van der Waals surface area contributed by atoms with Crippen LogP contribution >= 0.6 is 0 Å². The van der Waals surface area contributed by atoms with Gasteiger partial charge in [-0.2, -0.15) is 5.10 Å². The first-order valence-electron chi connectivity index (χ1n) is 8.02. The molecule has 0 aliphatic rings. The largest absolute Gasteiger partial charge is 0.456 e. The molecule has 28 heavy (non-hydrogen) atoms. The molecule has 0 saturated heterocycles. The van der Waals surface area contributed by atoms with Crippen molar-refractivity contribution >= 4 is 17.7 Å². The minimum absolute atomic E-state index is 0.147. The Morgan fingerprint density at radius 1 is 1.14 bits per heavy atom. The Labute approximate surface area is 156 Å². The lowest BCUT2D eigenvalue weighted by Gasteiger charge is -2.07. The normalized spacial score (nSPS) is 10.7. The Balaban J connectivity index is 1.55. The number of furan rings is 1. The number of anilines is 1. The van der Waals surface area contributed by atoms with Gasteiger partial charge >= 0.3 is 6.09 Å². The van der Waals surface area contributed by atoms with Gasteiger partial charge in [0.25, 0.3) is 0 Å². The van der Waals surface area contributed by atoms with Crippen LogP contribution in [-0.4, -0.2) is 21.7 Å². The highest BCUT2D eigenvalue weighted by Gasteiger charge is 2.13. The summed E-state index contributed by atoms with van der Waals surface area (Å²) in [7, 11) is 0. The number of halogens is 3. The van der Waals surface area contributed by atoms with Gasteiger partial charge in [0.2, 0.25) is 0 Å². The number of hydrogen-bond acceptors (Lipinski definition) is 5. The lowest BCUT2D eigenvalue weighted by molar-refractivity contribution is 0.0985. The molecular formula is C18H14F3N3O4. The molecule has 2 aromatic heterocycles. The number of nitrogens with zero attached hydrogens (tertiary/aromatic N) is 2. The third kappa shape index (κ3) is 4.58. The molecule has 0 radical (unpaired) electrons. The number of carbonyl (C=O) groups is 2. The molecule has 0 fully saturated rings. The number of carbonyl (C=O) groups excluding carboxylic acids is 2. The first-order valence-corrected chi connectivity index (χ1v) is 8.02. The van der Waals surface area contributed by atoms with E-state index in [0.29, 0.717) is 17.9 Å². The minimum Gasteiger partial charge on any atom is -0.456 e. The van der Waals surface area contributed by atoms with Gasteiger partial charge in [0, 0.05) is 30.8 Å². The maximum absolute atomic E-state index is 13.5. The van der Waals surface area contributed by atoms with Gasteiger partial charge in [0.1, 0.15) is 18.2 Å². The fraction of sp³-hybridized carbons (Fsp3) is 0.167. The van der Waals surface area contributed by atoms with E-state index in [-0.39, 0.29) is 29.5 Å². The van der Waals surface area contributed by atoms with Gasteiger partial charge in [-0.3, -0.25) is 14.8 Å². The summed E-state index contributed by atoms with van der Waals surface area (Å²) in [6.45, 7) is 1.02. The van der Waals surface area contributed by atoms with Crippen molar-refractivity contribution in [1.29, 1.82) is 0 Å². The third-order valence-corrected chi connectivity index (χ3v) is 3.65. The summed E-state index contributed by atoms with van der Waals surface area (Å²) in [6, 6.07) is 5.66. The van der Waals surface area contributed by atoms with E-state index in [4.69, 9.17) is 9.15 Å². The second-order valence-electron chi connectivity index (χ2n) is 5.78. The molecule has 3 aromatic rings. The Hall–Kier alpha value is -3.56. The van der Waals surface area contributed by atoms with Crippen LogP contribution in [0, 0.1) is 17.5 Å².